The number of anilines is 1. The quantitative estimate of drug-likeness (QED) is 0.225. The largest absolute Gasteiger partial charge is 0.402 e. The molecule has 3 rings (SSSR count). The van der Waals surface area contributed by atoms with Crippen LogP contribution in [0.5, 0.6) is 0 Å². The second kappa shape index (κ2) is 14.4. The molecule has 2 aromatic rings. The fourth-order valence-corrected chi connectivity index (χ4v) is 3.76. The molecular weight excluding hydrogens is 435 g/mol. The number of benzene rings is 2. The van der Waals surface area contributed by atoms with Gasteiger partial charge >= 0.3 is 0 Å². The van der Waals surface area contributed by atoms with E-state index in [0.29, 0.717) is 30.0 Å². The van der Waals surface area contributed by atoms with Gasteiger partial charge in [-0.1, -0.05) is 62.4 Å². The van der Waals surface area contributed by atoms with Gasteiger partial charge in [0.1, 0.15) is 11.7 Å². The molecular formula is C27H36ClFN4. The molecule has 0 unspecified atom stereocenters. The Kier molecular flexibility index (Phi) is 11.5. The Morgan fingerprint density at radius 3 is 2.52 bits per heavy atom. The van der Waals surface area contributed by atoms with Crippen molar-refractivity contribution in [2.24, 2.45) is 10.7 Å². The van der Waals surface area contributed by atoms with E-state index in [1.807, 2.05) is 24.3 Å². The predicted molar refractivity (Wildman–Crippen MR) is 141 cm³/mol. The molecule has 178 valence electrons. The van der Waals surface area contributed by atoms with Crippen LogP contribution in [-0.4, -0.2) is 18.8 Å². The summed E-state index contributed by atoms with van der Waals surface area (Å²) in [6.07, 6.45) is 7.46. The van der Waals surface area contributed by atoms with Crippen molar-refractivity contribution in [3.05, 3.63) is 83.3 Å². The van der Waals surface area contributed by atoms with Gasteiger partial charge in [-0.15, -0.1) is 11.6 Å². The SMILES string of the molecule is C=C(NC(=NCc1ccccc1)C1=C(N)CCCCC1)c1cccc(F)c1NCCC.CCl. The van der Waals surface area contributed by atoms with Crippen molar-refractivity contribution in [1.29, 1.82) is 0 Å². The molecule has 0 radical (unpaired) electrons. The number of rotatable bonds is 8. The molecule has 1 aliphatic rings. The number of hydrogen-bond acceptors (Lipinski definition) is 3. The fraction of sp³-hybridized carbons (Fsp3) is 0.370. The van der Waals surface area contributed by atoms with Crippen LogP contribution in [0.4, 0.5) is 10.1 Å². The first-order valence-corrected chi connectivity index (χ1v) is 12.3. The highest BCUT2D eigenvalue weighted by molar-refractivity contribution is 6.15. The van der Waals surface area contributed by atoms with Crippen LogP contribution in [0.25, 0.3) is 5.70 Å². The van der Waals surface area contributed by atoms with Crippen molar-refractivity contribution in [1.82, 2.24) is 5.32 Å². The summed E-state index contributed by atoms with van der Waals surface area (Å²) in [6.45, 7) is 7.49. The number of allylic oxidation sites excluding steroid dienone is 1. The summed E-state index contributed by atoms with van der Waals surface area (Å²) in [5.74, 6) is 0.448. The lowest BCUT2D eigenvalue weighted by Crippen LogP contribution is -2.26. The third-order valence-corrected chi connectivity index (χ3v) is 5.47. The maximum absolute atomic E-state index is 14.5. The van der Waals surface area contributed by atoms with Crippen LogP contribution in [0.2, 0.25) is 0 Å². The van der Waals surface area contributed by atoms with E-state index >= 15 is 0 Å². The van der Waals surface area contributed by atoms with E-state index in [-0.39, 0.29) is 5.82 Å². The van der Waals surface area contributed by atoms with E-state index in [0.717, 1.165) is 61.2 Å². The van der Waals surface area contributed by atoms with Gasteiger partial charge in [0, 0.05) is 35.5 Å². The number of halogens is 2. The smallest absolute Gasteiger partial charge is 0.146 e. The molecule has 0 spiro atoms. The van der Waals surface area contributed by atoms with Crippen LogP contribution in [0, 0.1) is 5.82 Å². The van der Waals surface area contributed by atoms with Crippen LogP contribution in [0.1, 0.15) is 56.6 Å². The van der Waals surface area contributed by atoms with Gasteiger partial charge in [0.25, 0.3) is 0 Å². The van der Waals surface area contributed by atoms with E-state index in [1.54, 1.807) is 6.07 Å². The minimum atomic E-state index is -0.287. The van der Waals surface area contributed by atoms with Crippen LogP contribution in [-0.2, 0) is 6.54 Å². The summed E-state index contributed by atoms with van der Waals surface area (Å²) in [7, 11) is 0. The fourth-order valence-electron chi connectivity index (χ4n) is 3.76. The monoisotopic (exact) mass is 470 g/mol. The summed E-state index contributed by atoms with van der Waals surface area (Å²) >= 11 is 4.64. The van der Waals surface area contributed by atoms with Crippen LogP contribution < -0.4 is 16.4 Å². The lowest BCUT2D eigenvalue weighted by molar-refractivity contribution is 0.629. The highest BCUT2D eigenvalue weighted by Gasteiger charge is 2.18. The Hall–Kier alpha value is -2.79. The molecule has 1 aliphatic carbocycles. The molecule has 0 aromatic heterocycles. The standard InChI is InChI=1S/C26H33FN4.CH3Cl/c1-3-17-29-25-21(14-10-15-23(25)27)19(2)31-26(22-13-8-5-9-16-24(22)28)30-18-20-11-6-4-7-12-20;1-2/h4,6-7,10-12,14-15,29H,2-3,5,8-9,13,16-18,28H2,1H3,(H,30,31);1H3. The number of alkyl halides is 1. The van der Waals surface area contributed by atoms with Gasteiger partial charge in [0.15, 0.2) is 0 Å². The van der Waals surface area contributed by atoms with Crippen LogP contribution in [0.15, 0.2) is 71.4 Å². The molecule has 0 aliphatic heterocycles. The maximum Gasteiger partial charge on any atom is 0.146 e. The molecule has 0 heterocycles. The third kappa shape index (κ3) is 7.93. The Bertz CT molecular complexity index is 954. The van der Waals surface area contributed by atoms with Gasteiger partial charge in [0.2, 0.25) is 0 Å². The molecule has 6 heteroatoms. The van der Waals surface area contributed by atoms with Crippen molar-refractivity contribution < 1.29 is 4.39 Å². The van der Waals surface area contributed by atoms with E-state index in [4.69, 9.17) is 10.7 Å². The highest BCUT2D eigenvalue weighted by atomic mass is 35.5. The summed E-state index contributed by atoms with van der Waals surface area (Å²) in [4.78, 5) is 4.88. The maximum atomic E-state index is 14.5. The zero-order valence-corrected chi connectivity index (χ0v) is 20.5. The van der Waals surface area contributed by atoms with E-state index < -0.39 is 0 Å². The summed E-state index contributed by atoms with van der Waals surface area (Å²) in [6, 6.07) is 15.2. The second-order valence-electron chi connectivity index (χ2n) is 7.91. The van der Waals surface area contributed by atoms with Crippen LogP contribution >= 0.6 is 11.6 Å². The molecule has 0 amide bonds. The minimum Gasteiger partial charge on any atom is -0.402 e. The normalized spacial score (nSPS) is 14.1. The Morgan fingerprint density at radius 2 is 1.79 bits per heavy atom. The zero-order valence-electron chi connectivity index (χ0n) is 19.8. The average molecular weight is 471 g/mol. The Labute approximate surface area is 202 Å². The number of aliphatic imine (C=N–C) groups is 1. The number of hydrogen-bond donors (Lipinski definition) is 3. The minimum absolute atomic E-state index is 0.287. The van der Waals surface area contributed by atoms with Gasteiger partial charge in [-0.3, -0.25) is 4.99 Å². The van der Waals surface area contributed by atoms with Crippen molar-refractivity contribution in [2.75, 3.05) is 18.2 Å². The molecule has 0 bridgehead atoms. The highest BCUT2D eigenvalue weighted by Crippen LogP contribution is 2.27. The topological polar surface area (TPSA) is 62.4 Å². The first-order chi connectivity index (χ1) is 16.1. The Morgan fingerprint density at radius 1 is 1.06 bits per heavy atom. The third-order valence-electron chi connectivity index (χ3n) is 5.47. The number of nitrogens with one attached hydrogen (secondary N) is 2. The van der Waals surface area contributed by atoms with E-state index in [9.17, 15) is 4.39 Å². The molecule has 0 saturated heterocycles. The molecule has 0 fully saturated rings. The summed E-state index contributed by atoms with van der Waals surface area (Å²) in [5, 5.41) is 6.58. The molecule has 0 atom stereocenters. The van der Waals surface area contributed by atoms with Gasteiger partial charge < -0.3 is 16.4 Å². The summed E-state index contributed by atoms with van der Waals surface area (Å²) in [5.41, 5.74) is 11.3. The lowest BCUT2D eigenvalue weighted by atomic mass is 10.1. The zero-order chi connectivity index (χ0) is 24.1. The molecule has 0 saturated carbocycles. The molecule has 33 heavy (non-hydrogen) atoms. The average Bonchev–Trinajstić information content (AvgIpc) is 3.07. The van der Waals surface area contributed by atoms with Crippen molar-refractivity contribution >= 4 is 28.8 Å². The van der Waals surface area contributed by atoms with E-state index in [1.165, 1.54) is 12.4 Å². The van der Waals surface area contributed by atoms with Crippen molar-refractivity contribution in [3.8, 4) is 0 Å². The molecule has 4 nitrogen and oxygen atoms in total. The predicted octanol–water partition coefficient (Wildman–Crippen LogP) is 6.84. The van der Waals surface area contributed by atoms with Gasteiger partial charge in [-0.2, -0.15) is 0 Å². The van der Waals surface area contributed by atoms with Gasteiger partial charge in [-0.05, 0) is 43.7 Å². The first kappa shape index (κ1) is 26.5. The number of para-hydroxylation sites is 1. The van der Waals surface area contributed by atoms with Gasteiger partial charge in [-0.25, -0.2) is 4.39 Å². The first-order valence-electron chi connectivity index (χ1n) is 11.5. The number of amidine groups is 1. The van der Waals surface area contributed by atoms with Gasteiger partial charge in [0.05, 0.1) is 12.2 Å². The molecule has 4 N–H and O–H groups in total. The molecule has 2 aromatic carbocycles. The Balaban J connectivity index is 0.00000187. The van der Waals surface area contributed by atoms with E-state index in [2.05, 4.69) is 47.9 Å². The number of nitrogens with zero attached hydrogens (tertiary/aromatic N) is 1. The van der Waals surface area contributed by atoms with Crippen LogP contribution in [0.3, 0.4) is 0 Å². The van der Waals surface area contributed by atoms with Crippen molar-refractivity contribution in [3.63, 3.8) is 0 Å². The lowest BCUT2D eigenvalue weighted by Gasteiger charge is -2.19. The summed E-state index contributed by atoms with van der Waals surface area (Å²) < 4.78 is 14.5. The van der Waals surface area contributed by atoms with Crippen molar-refractivity contribution in [2.45, 2.75) is 52.0 Å². The number of nitrogens with two attached hydrogens (primary N) is 1. The second-order valence-corrected chi connectivity index (χ2v) is 7.91.